The van der Waals surface area contributed by atoms with Crippen LogP contribution in [0.1, 0.15) is 5.56 Å². The van der Waals surface area contributed by atoms with Crippen LogP contribution in [0, 0.1) is 0 Å². The summed E-state index contributed by atoms with van der Waals surface area (Å²) in [4.78, 5) is 16.8. The fourth-order valence-corrected chi connectivity index (χ4v) is 3.37. The van der Waals surface area contributed by atoms with E-state index in [1.807, 2.05) is 43.4 Å². The number of likely N-dealkylation sites (N-methyl/N-ethyl adjacent to an activating group) is 1. The number of rotatable bonds is 7. The van der Waals surface area contributed by atoms with Crippen molar-refractivity contribution < 1.29 is 14.3 Å². The number of hydrogen-bond acceptors (Lipinski definition) is 4. The van der Waals surface area contributed by atoms with E-state index in [-0.39, 0.29) is 12.1 Å². The smallest absolute Gasteiger partial charge is 0.321 e. The lowest BCUT2D eigenvalue weighted by molar-refractivity contribution is 0.120. The molecule has 0 bridgehead atoms. The number of nitrogens with one attached hydrogen (secondary N) is 1. The van der Waals surface area contributed by atoms with Crippen LogP contribution in [0.5, 0.6) is 0 Å². The number of carbonyl (C=O) groups excluding carboxylic acids is 1. The molecule has 0 spiro atoms. The van der Waals surface area contributed by atoms with Crippen LogP contribution >= 0.6 is 0 Å². The first-order valence-electron chi connectivity index (χ1n) is 9.67. The average molecular weight is 383 g/mol. The van der Waals surface area contributed by atoms with Gasteiger partial charge in [-0.3, -0.25) is 0 Å². The van der Waals surface area contributed by atoms with Crippen molar-refractivity contribution in [1.82, 2.24) is 4.90 Å². The summed E-state index contributed by atoms with van der Waals surface area (Å²) in [6, 6.07) is 17.9. The molecular weight excluding hydrogens is 354 g/mol. The van der Waals surface area contributed by atoms with Crippen molar-refractivity contribution in [2.45, 2.75) is 12.5 Å². The third kappa shape index (κ3) is 5.47. The number of anilines is 2. The molecule has 6 nitrogen and oxygen atoms in total. The number of benzene rings is 2. The molecule has 0 aliphatic carbocycles. The molecule has 1 atom stereocenters. The number of urea groups is 1. The molecule has 28 heavy (non-hydrogen) atoms. The second kappa shape index (κ2) is 10.1. The van der Waals surface area contributed by atoms with Gasteiger partial charge in [-0.2, -0.15) is 0 Å². The summed E-state index contributed by atoms with van der Waals surface area (Å²) in [5.74, 6) is 0. The van der Waals surface area contributed by atoms with E-state index in [0.717, 1.165) is 44.1 Å². The monoisotopic (exact) mass is 383 g/mol. The van der Waals surface area contributed by atoms with E-state index in [9.17, 15) is 4.79 Å². The van der Waals surface area contributed by atoms with E-state index in [2.05, 4.69) is 28.4 Å². The minimum absolute atomic E-state index is 0.0465. The molecule has 1 aliphatic heterocycles. The summed E-state index contributed by atoms with van der Waals surface area (Å²) in [7, 11) is 3.48. The van der Waals surface area contributed by atoms with E-state index in [0.29, 0.717) is 6.61 Å². The fourth-order valence-electron chi connectivity index (χ4n) is 3.37. The summed E-state index contributed by atoms with van der Waals surface area (Å²) in [6.45, 7) is 3.68. The van der Waals surface area contributed by atoms with Crippen molar-refractivity contribution in [2.75, 3.05) is 57.3 Å². The van der Waals surface area contributed by atoms with Crippen LogP contribution in [0.15, 0.2) is 54.6 Å². The molecule has 0 saturated carbocycles. The lowest BCUT2D eigenvalue weighted by Crippen LogP contribution is -2.43. The highest BCUT2D eigenvalue weighted by Gasteiger charge is 2.21. The number of hydrogen-bond donors (Lipinski definition) is 1. The van der Waals surface area contributed by atoms with Crippen LogP contribution in [0.2, 0.25) is 0 Å². The third-order valence-electron chi connectivity index (χ3n) is 5.01. The maximum absolute atomic E-state index is 12.8. The van der Waals surface area contributed by atoms with Crippen LogP contribution in [0.3, 0.4) is 0 Å². The molecule has 1 unspecified atom stereocenters. The zero-order valence-corrected chi connectivity index (χ0v) is 16.6. The minimum Gasteiger partial charge on any atom is -0.383 e. The summed E-state index contributed by atoms with van der Waals surface area (Å²) in [5, 5.41) is 3.02. The van der Waals surface area contributed by atoms with Crippen molar-refractivity contribution in [3.63, 3.8) is 0 Å². The number of carbonyl (C=O) groups is 1. The quantitative estimate of drug-likeness (QED) is 0.798. The van der Waals surface area contributed by atoms with E-state index in [1.54, 1.807) is 12.0 Å². The van der Waals surface area contributed by atoms with Gasteiger partial charge < -0.3 is 24.6 Å². The number of methoxy groups -OCH3 is 1. The summed E-state index contributed by atoms with van der Waals surface area (Å²) >= 11 is 0. The molecule has 1 saturated heterocycles. The predicted octanol–water partition coefficient (Wildman–Crippen LogP) is 3.24. The van der Waals surface area contributed by atoms with Crippen molar-refractivity contribution in [3.8, 4) is 0 Å². The first-order valence-corrected chi connectivity index (χ1v) is 9.67. The van der Waals surface area contributed by atoms with Crippen LogP contribution in [-0.4, -0.2) is 64.0 Å². The van der Waals surface area contributed by atoms with Gasteiger partial charge in [-0.25, -0.2) is 4.79 Å². The highest BCUT2D eigenvalue weighted by Crippen LogP contribution is 2.21. The molecule has 2 aromatic carbocycles. The lowest BCUT2D eigenvalue weighted by atomic mass is 10.1. The van der Waals surface area contributed by atoms with Crippen LogP contribution < -0.4 is 10.2 Å². The highest BCUT2D eigenvalue weighted by atomic mass is 16.5. The molecule has 1 fully saturated rings. The second-order valence-corrected chi connectivity index (χ2v) is 6.99. The number of nitrogens with zero attached hydrogens (tertiary/aromatic N) is 2. The van der Waals surface area contributed by atoms with Crippen molar-refractivity contribution >= 4 is 17.4 Å². The maximum atomic E-state index is 12.8. The van der Waals surface area contributed by atoms with Gasteiger partial charge in [-0.1, -0.05) is 36.4 Å². The third-order valence-corrected chi connectivity index (χ3v) is 5.01. The predicted molar refractivity (Wildman–Crippen MR) is 112 cm³/mol. The Morgan fingerprint density at radius 3 is 2.64 bits per heavy atom. The molecule has 3 rings (SSSR count). The van der Waals surface area contributed by atoms with Gasteiger partial charge in [-0.15, -0.1) is 0 Å². The number of ether oxygens (including phenoxy) is 2. The first kappa shape index (κ1) is 20.2. The zero-order valence-electron chi connectivity index (χ0n) is 16.6. The largest absolute Gasteiger partial charge is 0.383 e. The Balaban J connectivity index is 1.64. The zero-order chi connectivity index (χ0) is 19.8. The fraction of sp³-hybridized carbons (Fsp3) is 0.409. The molecule has 150 valence electrons. The lowest BCUT2D eigenvalue weighted by Gasteiger charge is -2.30. The first-order chi connectivity index (χ1) is 13.7. The molecule has 1 aliphatic rings. The van der Waals surface area contributed by atoms with Crippen molar-refractivity contribution in [3.05, 3.63) is 60.2 Å². The Morgan fingerprint density at radius 2 is 1.93 bits per heavy atom. The molecule has 0 radical (unpaired) electrons. The molecule has 1 N–H and O–H groups in total. The SMILES string of the molecule is COCC(Cc1ccccc1)N(C)C(=O)Nc1cccc(N2CCOCC2)c1. The van der Waals surface area contributed by atoms with Crippen molar-refractivity contribution in [2.24, 2.45) is 0 Å². The Hall–Kier alpha value is -2.57. The van der Waals surface area contributed by atoms with Crippen LogP contribution in [0.25, 0.3) is 0 Å². The van der Waals surface area contributed by atoms with Gasteiger partial charge in [0.1, 0.15) is 0 Å². The standard InChI is InChI=1S/C22H29N3O3/c1-24(21(17-27-2)15-18-7-4-3-5-8-18)22(26)23-19-9-6-10-20(16-19)25-11-13-28-14-12-25/h3-10,16,21H,11-15,17H2,1-2H3,(H,23,26). The molecule has 6 heteroatoms. The Labute approximate surface area is 167 Å². The van der Waals surface area contributed by atoms with Crippen LogP contribution in [0.4, 0.5) is 16.2 Å². The van der Waals surface area contributed by atoms with Gasteiger partial charge in [0.25, 0.3) is 0 Å². The molecule has 0 aromatic heterocycles. The van der Waals surface area contributed by atoms with Gasteiger partial charge in [0.05, 0.1) is 25.9 Å². The second-order valence-electron chi connectivity index (χ2n) is 6.99. The van der Waals surface area contributed by atoms with Gasteiger partial charge in [0.15, 0.2) is 0 Å². The topological polar surface area (TPSA) is 54.0 Å². The molecule has 2 amide bonds. The maximum Gasteiger partial charge on any atom is 0.321 e. The van der Waals surface area contributed by atoms with Gasteiger partial charge in [-0.05, 0) is 30.2 Å². The van der Waals surface area contributed by atoms with Gasteiger partial charge in [0, 0.05) is 38.6 Å². The summed E-state index contributed by atoms with van der Waals surface area (Å²) in [5.41, 5.74) is 3.07. The molecule has 1 heterocycles. The minimum atomic E-state index is -0.142. The summed E-state index contributed by atoms with van der Waals surface area (Å²) < 4.78 is 10.8. The normalized spacial score (nSPS) is 15.1. The van der Waals surface area contributed by atoms with Crippen molar-refractivity contribution in [1.29, 1.82) is 0 Å². The highest BCUT2D eigenvalue weighted by molar-refractivity contribution is 5.90. The van der Waals surface area contributed by atoms with E-state index in [4.69, 9.17) is 9.47 Å². The Bertz CT molecular complexity index is 748. The van der Waals surface area contributed by atoms with Gasteiger partial charge >= 0.3 is 6.03 Å². The van der Waals surface area contributed by atoms with Crippen LogP contribution in [-0.2, 0) is 15.9 Å². The Kier molecular flexibility index (Phi) is 7.28. The van der Waals surface area contributed by atoms with Gasteiger partial charge in [0.2, 0.25) is 0 Å². The number of amides is 2. The van der Waals surface area contributed by atoms with E-state index in [1.165, 1.54) is 5.56 Å². The average Bonchev–Trinajstić information content (AvgIpc) is 2.74. The number of morpholine rings is 1. The molecular formula is C22H29N3O3. The summed E-state index contributed by atoms with van der Waals surface area (Å²) in [6.07, 6.45) is 0.742. The Morgan fingerprint density at radius 1 is 1.18 bits per heavy atom. The van der Waals surface area contributed by atoms with E-state index < -0.39 is 0 Å². The molecule has 2 aromatic rings. The van der Waals surface area contributed by atoms with E-state index >= 15 is 0 Å².